The van der Waals surface area contributed by atoms with Crippen LogP contribution in [0.3, 0.4) is 0 Å². The number of hydrogen-bond acceptors (Lipinski definition) is 3. The predicted octanol–water partition coefficient (Wildman–Crippen LogP) is 2.22. The van der Waals surface area contributed by atoms with Gasteiger partial charge in [-0.25, -0.2) is 0 Å². The lowest BCUT2D eigenvalue weighted by Crippen LogP contribution is -2.38. The highest BCUT2D eigenvalue weighted by atomic mass is 16.5. The van der Waals surface area contributed by atoms with E-state index in [1.165, 1.54) is 5.56 Å². The van der Waals surface area contributed by atoms with Gasteiger partial charge < -0.3 is 15.4 Å². The van der Waals surface area contributed by atoms with Crippen molar-refractivity contribution in [3.05, 3.63) is 48.3 Å². The summed E-state index contributed by atoms with van der Waals surface area (Å²) in [6, 6.07) is 9.87. The van der Waals surface area contributed by atoms with Crippen molar-refractivity contribution >= 4 is 5.96 Å². The van der Waals surface area contributed by atoms with E-state index in [0.29, 0.717) is 6.61 Å². The number of aryl methyl sites for hydroxylation is 2. The van der Waals surface area contributed by atoms with E-state index in [9.17, 15) is 0 Å². The summed E-state index contributed by atoms with van der Waals surface area (Å²) in [5.41, 5.74) is 1.19. The molecule has 6 heteroatoms. The molecule has 24 heavy (non-hydrogen) atoms. The Hall–Kier alpha value is -2.50. The predicted molar refractivity (Wildman–Crippen MR) is 97.5 cm³/mol. The molecule has 0 unspecified atom stereocenters. The minimum atomic E-state index is 0.687. The maximum Gasteiger partial charge on any atom is 0.190 e. The molecule has 0 saturated carbocycles. The first-order chi connectivity index (χ1) is 11.8. The first-order valence-electron chi connectivity index (χ1n) is 8.39. The molecule has 130 valence electrons. The van der Waals surface area contributed by atoms with Gasteiger partial charge in [-0.05, 0) is 37.5 Å². The third-order valence-electron chi connectivity index (χ3n) is 3.47. The summed E-state index contributed by atoms with van der Waals surface area (Å²) >= 11 is 0. The fourth-order valence-electron chi connectivity index (χ4n) is 2.24. The number of benzene rings is 1. The third kappa shape index (κ3) is 6.73. The molecule has 1 aromatic heterocycles. The molecule has 0 fully saturated rings. The van der Waals surface area contributed by atoms with Crippen LogP contribution >= 0.6 is 0 Å². The van der Waals surface area contributed by atoms with Crippen LogP contribution in [0.5, 0.6) is 5.75 Å². The zero-order valence-electron chi connectivity index (χ0n) is 14.5. The number of hydrogen-bond donors (Lipinski definition) is 2. The SMILES string of the molecule is CN=C(NCCCOc1ccccc1)NCCCn1cc(C)cn1. The fraction of sp³-hybridized carbons (Fsp3) is 0.444. The van der Waals surface area contributed by atoms with Gasteiger partial charge in [0.05, 0.1) is 12.8 Å². The van der Waals surface area contributed by atoms with Crippen LogP contribution in [0.4, 0.5) is 0 Å². The van der Waals surface area contributed by atoms with Crippen LogP contribution in [0, 0.1) is 6.92 Å². The van der Waals surface area contributed by atoms with Crippen LogP contribution in [0.1, 0.15) is 18.4 Å². The fourth-order valence-corrected chi connectivity index (χ4v) is 2.24. The van der Waals surface area contributed by atoms with Crippen LogP contribution in [0.15, 0.2) is 47.7 Å². The Morgan fingerprint density at radius 1 is 1.17 bits per heavy atom. The summed E-state index contributed by atoms with van der Waals surface area (Å²) in [6.45, 7) is 5.33. The van der Waals surface area contributed by atoms with Crippen molar-refractivity contribution in [1.29, 1.82) is 0 Å². The van der Waals surface area contributed by atoms with E-state index in [1.807, 2.05) is 41.2 Å². The Morgan fingerprint density at radius 3 is 2.58 bits per heavy atom. The normalized spacial score (nSPS) is 11.3. The number of para-hydroxylation sites is 1. The highest BCUT2D eigenvalue weighted by Gasteiger charge is 1.98. The zero-order valence-corrected chi connectivity index (χ0v) is 14.5. The molecule has 0 aliphatic rings. The number of aliphatic imine (C=N–C) groups is 1. The van der Waals surface area contributed by atoms with E-state index in [2.05, 4.69) is 33.8 Å². The number of nitrogens with one attached hydrogen (secondary N) is 2. The minimum absolute atomic E-state index is 0.687. The molecular weight excluding hydrogens is 302 g/mol. The second-order valence-corrected chi connectivity index (χ2v) is 5.58. The highest BCUT2D eigenvalue weighted by molar-refractivity contribution is 5.79. The van der Waals surface area contributed by atoms with Crippen LogP contribution in [0.2, 0.25) is 0 Å². The summed E-state index contributed by atoms with van der Waals surface area (Å²) in [6.07, 6.45) is 5.85. The van der Waals surface area contributed by atoms with Gasteiger partial charge >= 0.3 is 0 Å². The highest BCUT2D eigenvalue weighted by Crippen LogP contribution is 2.07. The lowest BCUT2D eigenvalue weighted by Gasteiger charge is -2.12. The summed E-state index contributed by atoms with van der Waals surface area (Å²) in [7, 11) is 1.78. The van der Waals surface area contributed by atoms with E-state index in [-0.39, 0.29) is 0 Å². The molecule has 6 nitrogen and oxygen atoms in total. The lowest BCUT2D eigenvalue weighted by atomic mass is 10.3. The molecule has 2 rings (SSSR count). The number of nitrogens with zero attached hydrogens (tertiary/aromatic N) is 3. The Bertz CT molecular complexity index is 609. The van der Waals surface area contributed by atoms with E-state index in [0.717, 1.165) is 44.2 Å². The first kappa shape index (κ1) is 17.8. The van der Waals surface area contributed by atoms with Crippen LogP contribution in [0.25, 0.3) is 0 Å². The zero-order chi connectivity index (χ0) is 17.0. The molecule has 0 spiro atoms. The molecule has 0 amide bonds. The molecule has 0 aliphatic carbocycles. The summed E-state index contributed by atoms with van der Waals surface area (Å²) in [5.74, 6) is 1.74. The average molecular weight is 329 g/mol. The Kier molecular flexibility index (Phi) is 7.67. The van der Waals surface area contributed by atoms with Crippen LogP contribution < -0.4 is 15.4 Å². The van der Waals surface area contributed by atoms with E-state index in [1.54, 1.807) is 7.05 Å². The van der Waals surface area contributed by atoms with Gasteiger partial charge in [0, 0.05) is 32.9 Å². The number of ether oxygens (including phenoxy) is 1. The van der Waals surface area contributed by atoms with Gasteiger partial charge in [-0.3, -0.25) is 9.67 Å². The average Bonchev–Trinajstić information content (AvgIpc) is 3.02. The van der Waals surface area contributed by atoms with Crippen molar-refractivity contribution in [2.45, 2.75) is 26.3 Å². The number of rotatable bonds is 9. The van der Waals surface area contributed by atoms with Gasteiger partial charge in [0.2, 0.25) is 0 Å². The molecule has 1 heterocycles. The van der Waals surface area contributed by atoms with Gasteiger partial charge in [0.15, 0.2) is 5.96 Å². The number of aromatic nitrogens is 2. The molecular formula is C18H27N5O. The quantitative estimate of drug-likeness (QED) is 0.421. The van der Waals surface area contributed by atoms with Crippen molar-refractivity contribution in [1.82, 2.24) is 20.4 Å². The molecule has 0 bridgehead atoms. The molecule has 0 aliphatic heterocycles. The van der Waals surface area contributed by atoms with Gasteiger partial charge in [0.1, 0.15) is 5.75 Å². The van der Waals surface area contributed by atoms with Crippen molar-refractivity contribution < 1.29 is 4.74 Å². The largest absolute Gasteiger partial charge is 0.494 e. The Balaban J connectivity index is 1.52. The Labute approximate surface area is 143 Å². The molecule has 0 radical (unpaired) electrons. The van der Waals surface area contributed by atoms with E-state index >= 15 is 0 Å². The van der Waals surface area contributed by atoms with Crippen LogP contribution in [-0.4, -0.2) is 42.5 Å². The Morgan fingerprint density at radius 2 is 1.92 bits per heavy atom. The molecule has 2 aromatic rings. The third-order valence-corrected chi connectivity index (χ3v) is 3.47. The van der Waals surface area contributed by atoms with E-state index < -0.39 is 0 Å². The molecule has 0 saturated heterocycles. The topological polar surface area (TPSA) is 63.5 Å². The van der Waals surface area contributed by atoms with Crippen molar-refractivity contribution in [3.8, 4) is 5.75 Å². The molecule has 0 atom stereocenters. The number of guanidine groups is 1. The van der Waals surface area contributed by atoms with Crippen molar-refractivity contribution in [3.63, 3.8) is 0 Å². The smallest absolute Gasteiger partial charge is 0.190 e. The standard InChI is InChI=1S/C18H27N5O/c1-16-14-22-23(15-16)12-6-10-20-18(19-2)21-11-7-13-24-17-8-4-3-5-9-17/h3-5,8-9,14-15H,6-7,10-13H2,1-2H3,(H2,19,20,21). The van der Waals surface area contributed by atoms with Crippen molar-refractivity contribution in [2.75, 3.05) is 26.7 Å². The maximum absolute atomic E-state index is 5.66. The monoisotopic (exact) mass is 329 g/mol. The van der Waals surface area contributed by atoms with Gasteiger partial charge in [-0.2, -0.15) is 5.10 Å². The summed E-state index contributed by atoms with van der Waals surface area (Å²) in [5, 5.41) is 10.9. The van der Waals surface area contributed by atoms with Crippen molar-refractivity contribution in [2.24, 2.45) is 4.99 Å². The maximum atomic E-state index is 5.66. The van der Waals surface area contributed by atoms with Gasteiger partial charge in [0.25, 0.3) is 0 Å². The summed E-state index contributed by atoms with van der Waals surface area (Å²) < 4.78 is 7.63. The molecule has 2 N–H and O–H groups in total. The van der Waals surface area contributed by atoms with Gasteiger partial charge in [-0.1, -0.05) is 18.2 Å². The van der Waals surface area contributed by atoms with Gasteiger partial charge in [-0.15, -0.1) is 0 Å². The van der Waals surface area contributed by atoms with Crippen LogP contribution in [-0.2, 0) is 6.54 Å². The molecule has 1 aromatic carbocycles. The van der Waals surface area contributed by atoms with E-state index in [4.69, 9.17) is 4.74 Å². The second-order valence-electron chi connectivity index (χ2n) is 5.58. The second kappa shape index (κ2) is 10.3. The summed E-state index contributed by atoms with van der Waals surface area (Å²) in [4.78, 5) is 4.22. The first-order valence-corrected chi connectivity index (χ1v) is 8.39. The lowest BCUT2D eigenvalue weighted by molar-refractivity contribution is 0.311. The minimum Gasteiger partial charge on any atom is -0.494 e.